The first-order valence-corrected chi connectivity index (χ1v) is 7.07. The molecule has 96 valence electrons. The molecule has 3 N–H and O–H groups in total. The minimum absolute atomic E-state index is 0.0277. The van der Waals surface area contributed by atoms with E-state index in [4.69, 9.17) is 5.84 Å². The predicted molar refractivity (Wildman–Crippen MR) is 78.8 cm³/mol. The van der Waals surface area contributed by atoms with Crippen LogP contribution >= 0.6 is 31.9 Å². The summed E-state index contributed by atoms with van der Waals surface area (Å²) in [6.45, 7) is 0. The predicted octanol–water partition coefficient (Wildman–Crippen LogP) is 2.69. The fourth-order valence-corrected chi connectivity index (χ4v) is 3.15. The molecule has 1 aromatic heterocycles. The fourth-order valence-electron chi connectivity index (χ4n) is 1.83. The normalized spacial score (nSPS) is 12.7. The van der Waals surface area contributed by atoms with E-state index in [1.165, 1.54) is 0 Å². The molecule has 2 aromatic rings. The Morgan fingerprint density at radius 2 is 2.00 bits per heavy atom. The Morgan fingerprint density at radius 1 is 1.33 bits per heavy atom. The third-order valence-electron chi connectivity index (χ3n) is 2.80. The van der Waals surface area contributed by atoms with Gasteiger partial charge in [0, 0.05) is 34.8 Å². The highest BCUT2D eigenvalue weighted by Gasteiger charge is 2.14. The van der Waals surface area contributed by atoms with Crippen LogP contribution in [0.3, 0.4) is 0 Å². The molecule has 18 heavy (non-hydrogen) atoms. The van der Waals surface area contributed by atoms with E-state index in [9.17, 15) is 0 Å². The zero-order chi connectivity index (χ0) is 13.1. The van der Waals surface area contributed by atoms with Crippen LogP contribution in [0.15, 0.2) is 39.5 Å². The summed E-state index contributed by atoms with van der Waals surface area (Å²) in [5, 5.41) is 0. The molecule has 1 aromatic carbocycles. The molecular formula is C12H14Br2N4. The zero-order valence-electron chi connectivity index (χ0n) is 9.90. The van der Waals surface area contributed by atoms with Gasteiger partial charge in [-0.25, -0.2) is 4.98 Å². The van der Waals surface area contributed by atoms with Crippen LogP contribution in [0, 0.1) is 0 Å². The molecule has 0 bridgehead atoms. The van der Waals surface area contributed by atoms with E-state index in [2.05, 4.69) is 54.4 Å². The minimum atomic E-state index is 0.0277. The third-order valence-corrected chi connectivity index (χ3v) is 3.71. The van der Waals surface area contributed by atoms with Gasteiger partial charge in [0.15, 0.2) is 0 Å². The number of aromatic nitrogens is 2. The quantitative estimate of drug-likeness (QED) is 0.639. The van der Waals surface area contributed by atoms with Crippen LogP contribution in [0.25, 0.3) is 0 Å². The van der Waals surface area contributed by atoms with Gasteiger partial charge in [-0.3, -0.25) is 11.3 Å². The van der Waals surface area contributed by atoms with Crippen LogP contribution in [0.4, 0.5) is 0 Å². The van der Waals surface area contributed by atoms with Crippen molar-refractivity contribution in [3.63, 3.8) is 0 Å². The van der Waals surface area contributed by atoms with Crippen molar-refractivity contribution in [2.24, 2.45) is 12.9 Å². The largest absolute Gasteiger partial charge is 0.338 e. The highest BCUT2D eigenvalue weighted by molar-refractivity contribution is 9.11. The van der Waals surface area contributed by atoms with Gasteiger partial charge in [0.1, 0.15) is 5.82 Å². The van der Waals surface area contributed by atoms with Crippen molar-refractivity contribution in [3.05, 3.63) is 50.9 Å². The Hall–Kier alpha value is -0.690. The number of nitrogens with one attached hydrogen (secondary N) is 1. The van der Waals surface area contributed by atoms with Gasteiger partial charge in [-0.2, -0.15) is 0 Å². The summed E-state index contributed by atoms with van der Waals surface area (Å²) in [6.07, 6.45) is 4.46. The van der Waals surface area contributed by atoms with Gasteiger partial charge in [-0.05, 0) is 23.8 Å². The number of halogens is 2. The summed E-state index contributed by atoms with van der Waals surface area (Å²) in [5.41, 5.74) is 3.96. The summed E-state index contributed by atoms with van der Waals surface area (Å²) in [6, 6.07) is 6.13. The zero-order valence-corrected chi connectivity index (χ0v) is 13.1. The number of imidazole rings is 1. The lowest BCUT2D eigenvalue weighted by Gasteiger charge is -2.17. The van der Waals surface area contributed by atoms with Crippen LogP contribution in [-0.2, 0) is 13.5 Å². The first kappa shape index (κ1) is 13.7. The Bertz CT molecular complexity index is 518. The number of hydrogen-bond donors (Lipinski definition) is 2. The molecule has 0 radical (unpaired) electrons. The molecular weight excluding hydrogens is 360 g/mol. The summed E-state index contributed by atoms with van der Waals surface area (Å²) < 4.78 is 4.04. The van der Waals surface area contributed by atoms with E-state index in [0.29, 0.717) is 0 Å². The number of nitrogens with zero attached hydrogens (tertiary/aromatic N) is 2. The molecule has 0 amide bonds. The molecule has 1 unspecified atom stereocenters. The lowest BCUT2D eigenvalue weighted by Crippen LogP contribution is -2.30. The second-order valence-corrected chi connectivity index (χ2v) is 5.91. The maximum atomic E-state index is 5.65. The number of hydrazine groups is 1. The van der Waals surface area contributed by atoms with Gasteiger partial charge >= 0.3 is 0 Å². The summed E-state index contributed by atoms with van der Waals surface area (Å²) >= 11 is 6.97. The smallest absolute Gasteiger partial charge is 0.110 e. The third kappa shape index (κ3) is 3.20. The average molecular weight is 374 g/mol. The molecule has 1 heterocycles. The molecule has 0 saturated carbocycles. The fraction of sp³-hybridized carbons (Fsp3) is 0.250. The van der Waals surface area contributed by atoms with Crippen molar-refractivity contribution in [3.8, 4) is 0 Å². The lowest BCUT2D eigenvalue weighted by atomic mass is 10.0. The molecule has 4 nitrogen and oxygen atoms in total. The first-order chi connectivity index (χ1) is 8.60. The Labute approximate surface area is 123 Å². The van der Waals surface area contributed by atoms with Crippen molar-refractivity contribution in [2.45, 2.75) is 12.5 Å². The molecule has 0 aliphatic heterocycles. The average Bonchev–Trinajstić information content (AvgIpc) is 2.70. The number of hydrogen-bond acceptors (Lipinski definition) is 3. The van der Waals surface area contributed by atoms with E-state index in [1.54, 1.807) is 6.20 Å². The van der Waals surface area contributed by atoms with Gasteiger partial charge in [0.2, 0.25) is 0 Å². The minimum Gasteiger partial charge on any atom is -0.338 e. The van der Waals surface area contributed by atoms with Gasteiger partial charge < -0.3 is 4.57 Å². The topological polar surface area (TPSA) is 55.9 Å². The maximum absolute atomic E-state index is 5.65. The van der Waals surface area contributed by atoms with Crippen molar-refractivity contribution in [1.29, 1.82) is 0 Å². The standard InChI is InChI=1S/C12H14Br2N4/c1-18-3-2-16-12(18)7-11(17-15)8-4-9(13)6-10(14)5-8/h2-6,11,17H,7,15H2,1H3. The van der Waals surface area contributed by atoms with Crippen LogP contribution in [0.1, 0.15) is 17.4 Å². The second kappa shape index (κ2) is 5.97. The van der Waals surface area contributed by atoms with Gasteiger partial charge in [0.05, 0.1) is 6.04 Å². The molecule has 0 fully saturated rings. The Balaban J connectivity index is 2.25. The number of nitrogens with two attached hydrogens (primary N) is 1. The van der Waals surface area contributed by atoms with Crippen LogP contribution < -0.4 is 11.3 Å². The Morgan fingerprint density at radius 3 is 2.50 bits per heavy atom. The maximum Gasteiger partial charge on any atom is 0.110 e. The van der Waals surface area contributed by atoms with Gasteiger partial charge in [-0.1, -0.05) is 31.9 Å². The van der Waals surface area contributed by atoms with E-state index in [-0.39, 0.29) is 6.04 Å². The summed E-state index contributed by atoms with van der Waals surface area (Å²) in [4.78, 5) is 4.32. The Kier molecular flexibility index (Phi) is 4.55. The summed E-state index contributed by atoms with van der Waals surface area (Å²) in [7, 11) is 1.98. The first-order valence-electron chi connectivity index (χ1n) is 5.48. The van der Waals surface area contributed by atoms with Crippen LogP contribution in [0.5, 0.6) is 0 Å². The molecule has 1 atom stereocenters. The van der Waals surface area contributed by atoms with Crippen LogP contribution in [-0.4, -0.2) is 9.55 Å². The van der Waals surface area contributed by atoms with E-state index in [0.717, 1.165) is 26.8 Å². The highest BCUT2D eigenvalue weighted by Crippen LogP contribution is 2.25. The number of benzene rings is 1. The second-order valence-electron chi connectivity index (χ2n) is 4.08. The van der Waals surface area contributed by atoms with Gasteiger partial charge in [-0.15, -0.1) is 0 Å². The molecule has 6 heteroatoms. The van der Waals surface area contributed by atoms with Crippen molar-refractivity contribution in [2.75, 3.05) is 0 Å². The molecule has 0 saturated heterocycles. The van der Waals surface area contributed by atoms with Crippen molar-refractivity contribution >= 4 is 31.9 Å². The van der Waals surface area contributed by atoms with Crippen LogP contribution in [0.2, 0.25) is 0 Å². The van der Waals surface area contributed by atoms with Crippen molar-refractivity contribution < 1.29 is 0 Å². The monoisotopic (exact) mass is 372 g/mol. The number of aryl methyl sites for hydroxylation is 1. The molecule has 0 aliphatic rings. The SMILES string of the molecule is Cn1ccnc1CC(NN)c1cc(Br)cc(Br)c1. The molecule has 0 aliphatic carbocycles. The van der Waals surface area contributed by atoms with Gasteiger partial charge in [0.25, 0.3) is 0 Å². The highest BCUT2D eigenvalue weighted by atomic mass is 79.9. The van der Waals surface area contributed by atoms with E-state index < -0.39 is 0 Å². The molecule has 0 spiro atoms. The van der Waals surface area contributed by atoms with E-state index >= 15 is 0 Å². The van der Waals surface area contributed by atoms with Crippen molar-refractivity contribution in [1.82, 2.24) is 15.0 Å². The summed E-state index contributed by atoms with van der Waals surface area (Å²) in [5.74, 6) is 6.65. The lowest BCUT2D eigenvalue weighted by molar-refractivity contribution is 0.530. The van der Waals surface area contributed by atoms with E-state index in [1.807, 2.05) is 23.9 Å². The molecule has 2 rings (SSSR count). The number of rotatable bonds is 4.